The van der Waals surface area contributed by atoms with Gasteiger partial charge >= 0.3 is 0 Å². The largest absolute Gasteiger partial charge is 0.378 e. The number of benzene rings is 1. The molecule has 146 valence electrons. The number of rotatable bonds is 7. The molecule has 1 amide bonds. The highest BCUT2D eigenvalue weighted by Gasteiger charge is 2.15. The predicted octanol–water partition coefficient (Wildman–Crippen LogP) is 3.07. The Morgan fingerprint density at radius 1 is 1.29 bits per heavy atom. The third-order valence-corrected chi connectivity index (χ3v) is 4.32. The van der Waals surface area contributed by atoms with Gasteiger partial charge in [-0.15, -0.1) is 0 Å². The minimum atomic E-state index is -0.442. The second kappa shape index (κ2) is 8.03. The Labute approximate surface area is 161 Å². The summed E-state index contributed by atoms with van der Waals surface area (Å²) in [4.78, 5) is 27.6. The van der Waals surface area contributed by atoms with Gasteiger partial charge in [-0.1, -0.05) is 12.1 Å². The maximum absolute atomic E-state index is 12.5. The summed E-state index contributed by atoms with van der Waals surface area (Å²) in [5.41, 5.74) is 2.28. The van der Waals surface area contributed by atoms with Crippen LogP contribution in [0.3, 0.4) is 0 Å². The number of hydrogen-bond acceptors (Lipinski definition) is 6. The molecule has 0 aliphatic rings. The van der Waals surface area contributed by atoms with Gasteiger partial charge in [0.1, 0.15) is 5.69 Å². The standard InChI is InChI=1S/C19H22N6O3/c1-12(2)24-18-14(11-22-24)10-15(13(3)23-18)19(26)21-9-8-20-16-6-4-5-7-17(16)25(27)28/h4-7,10-12,20H,8-9H2,1-3H3,(H,21,26). The number of carbonyl (C=O) groups is 1. The molecule has 9 nitrogen and oxygen atoms in total. The average molecular weight is 382 g/mol. The molecule has 0 saturated heterocycles. The van der Waals surface area contributed by atoms with Gasteiger partial charge in [-0.3, -0.25) is 14.9 Å². The van der Waals surface area contributed by atoms with E-state index >= 15 is 0 Å². The van der Waals surface area contributed by atoms with Crippen LogP contribution in [-0.4, -0.2) is 38.7 Å². The fourth-order valence-electron chi connectivity index (χ4n) is 2.92. The zero-order valence-electron chi connectivity index (χ0n) is 16.0. The molecule has 0 radical (unpaired) electrons. The first kappa shape index (κ1) is 19.3. The Balaban J connectivity index is 1.64. The fourth-order valence-corrected chi connectivity index (χ4v) is 2.92. The summed E-state index contributed by atoms with van der Waals surface area (Å²) < 4.78 is 1.82. The molecular formula is C19H22N6O3. The van der Waals surface area contributed by atoms with Crippen molar-refractivity contribution in [2.75, 3.05) is 18.4 Å². The van der Waals surface area contributed by atoms with Gasteiger partial charge in [-0.2, -0.15) is 5.10 Å². The highest BCUT2D eigenvalue weighted by molar-refractivity contribution is 5.98. The van der Waals surface area contributed by atoms with Gasteiger partial charge in [0.05, 0.1) is 22.4 Å². The van der Waals surface area contributed by atoms with Crippen LogP contribution in [0.2, 0.25) is 0 Å². The van der Waals surface area contributed by atoms with E-state index in [0.29, 0.717) is 30.0 Å². The Kier molecular flexibility index (Phi) is 5.53. The fraction of sp³-hybridized carbons (Fsp3) is 0.316. The van der Waals surface area contributed by atoms with Gasteiger partial charge < -0.3 is 10.6 Å². The number of anilines is 1. The number of nitro groups is 1. The molecule has 0 saturated carbocycles. The number of nitrogens with one attached hydrogen (secondary N) is 2. The lowest BCUT2D eigenvalue weighted by molar-refractivity contribution is -0.384. The molecule has 3 aromatic rings. The summed E-state index contributed by atoms with van der Waals surface area (Å²) in [5, 5.41) is 21.9. The van der Waals surface area contributed by atoms with Crippen LogP contribution >= 0.6 is 0 Å². The summed E-state index contributed by atoms with van der Waals surface area (Å²) in [5.74, 6) is -0.242. The third-order valence-electron chi connectivity index (χ3n) is 4.32. The molecule has 28 heavy (non-hydrogen) atoms. The number of pyridine rings is 1. The van der Waals surface area contributed by atoms with Crippen LogP contribution < -0.4 is 10.6 Å². The topological polar surface area (TPSA) is 115 Å². The molecule has 0 spiro atoms. The molecule has 1 aromatic carbocycles. The minimum absolute atomic E-state index is 0.00138. The maximum Gasteiger partial charge on any atom is 0.292 e. The highest BCUT2D eigenvalue weighted by Crippen LogP contribution is 2.22. The van der Waals surface area contributed by atoms with Crippen LogP contribution in [0.5, 0.6) is 0 Å². The number of nitro benzene ring substituents is 1. The number of hydrogen-bond donors (Lipinski definition) is 2. The predicted molar refractivity (Wildman–Crippen MR) is 107 cm³/mol. The van der Waals surface area contributed by atoms with Gasteiger partial charge in [0, 0.05) is 30.6 Å². The van der Waals surface area contributed by atoms with E-state index in [9.17, 15) is 14.9 Å². The molecule has 0 unspecified atom stereocenters. The lowest BCUT2D eigenvalue weighted by Gasteiger charge is -2.11. The quantitative estimate of drug-likeness (QED) is 0.369. The van der Waals surface area contributed by atoms with E-state index in [1.165, 1.54) is 6.07 Å². The van der Waals surface area contributed by atoms with Crippen LogP contribution in [-0.2, 0) is 0 Å². The summed E-state index contributed by atoms with van der Waals surface area (Å²) in [6.45, 7) is 6.50. The Bertz CT molecular complexity index is 1030. The zero-order chi connectivity index (χ0) is 20.3. The third kappa shape index (κ3) is 3.93. The van der Waals surface area contributed by atoms with Crippen molar-refractivity contribution in [3.63, 3.8) is 0 Å². The van der Waals surface area contributed by atoms with E-state index in [1.54, 1.807) is 37.4 Å². The number of nitrogens with zero attached hydrogens (tertiary/aromatic N) is 4. The van der Waals surface area contributed by atoms with Gasteiger partial charge in [0.2, 0.25) is 0 Å². The van der Waals surface area contributed by atoms with Crippen LogP contribution in [0.1, 0.15) is 35.9 Å². The second-order valence-electron chi connectivity index (χ2n) is 6.67. The zero-order valence-corrected chi connectivity index (χ0v) is 16.0. The Hall–Kier alpha value is -3.49. The van der Waals surface area contributed by atoms with Crippen LogP contribution in [0.25, 0.3) is 11.0 Å². The maximum atomic E-state index is 12.5. The van der Waals surface area contributed by atoms with Crippen LogP contribution in [0, 0.1) is 17.0 Å². The lowest BCUT2D eigenvalue weighted by Crippen LogP contribution is -2.29. The first-order valence-corrected chi connectivity index (χ1v) is 8.99. The van der Waals surface area contributed by atoms with Crippen molar-refractivity contribution in [1.29, 1.82) is 0 Å². The summed E-state index contributed by atoms with van der Waals surface area (Å²) in [7, 11) is 0. The molecule has 0 aliphatic carbocycles. The minimum Gasteiger partial charge on any atom is -0.378 e. The van der Waals surface area contributed by atoms with E-state index in [2.05, 4.69) is 20.7 Å². The number of carbonyl (C=O) groups excluding carboxylic acids is 1. The van der Waals surface area contributed by atoms with Gasteiger partial charge in [-0.05, 0) is 32.9 Å². The summed E-state index contributed by atoms with van der Waals surface area (Å²) in [6.07, 6.45) is 1.70. The molecule has 0 fully saturated rings. The van der Waals surface area contributed by atoms with Crippen molar-refractivity contribution in [2.24, 2.45) is 0 Å². The average Bonchev–Trinajstić information content (AvgIpc) is 3.07. The Morgan fingerprint density at radius 3 is 2.75 bits per heavy atom. The van der Waals surface area contributed by atoms with E-state index in [-0.39, 0.29) is 17.6 Å². The van der Waals surface area contributed by atoms with Crippen molar-refractivity contribution < 1.29 is 9.72 Å². The monoisotopic (exact) mass is 382 g/mol. The van der Waals surface area contributed by atoms with Crippen molar-refractivity contribution in [1.82, 2.24) is 20.1 Å². The van der Waals surface area contributed by atoms with Crippen molar-refractivity contribution in [3.8, 4) is 0 Å². The number of para-hydroxylation sites is 2. The summed E-state index contributed by atoms with van der Waals surface area (Å²) >= 11 is 0. The van der Waals surface area contributed by atoms with Gasteiger partial charge in [0.15, 0.2) is 5.65 Å². The number of fused-ring (bicyclic) bond motifs is 1. The van der Waals surface area contributed by atoms with E-state index in [4.69, 9.17) is 0 Å². The van der Waals surface area contributed by atoms with E-state index in [1.807, 2.05) is 18.5 Å². The molecule has 2 aromatic heterocycles. The number of aromatic nitrogens is 3. The van der Waals surface area contributed by atoms with Crippen molar-refractivity contribution in [3.05, 3.63) is 57.9 Å². The molecule has 2 heterocycles. The number of amides is 1. The smallest absolute Gasteiger partial charge is 0.292 e. The molecule has 3 rings (SSSR count). The van der Waals surface area contributed by atoms with Gasteiger partial charge in [0.25, 0.3) is 11.6 Å². The molecule has 0 aliphatic heterocycles. The molecular weight excluding hydrogens is 360 g/mol. The van der Waals surface area contributed by atoms with E-state index < -0.39 is 4.92 Å². The van der Waals surface area contributed by atoms with Gasteiger partial charge in [-0.25, -0.2) is 9.67 Å². The second-order valence-corrected chi connectivity index (χ2v) is 6.67. The van der Waals surface area contributed by atoms with Crippen LogP contribution in [0.4, 0.5) is 11.4 Å². The van der Waals surface area contributed by atoms with E-state index in [0.717, 1.165) is 11.0 Å². The highest BCUT2D eigenvalue weighted by atomic mass is 16.6. The summed E-state index contributed by atoms with van der Waals surface area (Å²) in [6, 6.07) is 8.36. The molecule has 2 N–H and O–H groups in total. The molecule has 0 bridgehead atoms. The molecule has 9 heteroatoms. The van der Waals surface area contributed by atoms with Crippen molar-refractivity contribution in [2.45, 2.75) is 26.8 Å². The van der Waals surface area contributed by atoms with Crippen molar-refractivity contribution >= 4 is 28.3 Å². The lowest BCUT2D eigenvalue weighted by atomic mass is 10.1. The first-order valence-electron chi connectivity index (χ1n) is 8.99. The first-order chi connectivity index (χ1) is 13.4. The van der Waals surface area contributed by atoms with Crippen LogP contribution in [0.15, 0.2) is 36.5 Å². The number of aryl methyl sites for hydroxylation is 1. The Morgan fingerprint density at radius 2 is 2.04 bits per heavy atom. The molecule has 0 atom stereocenters. The normalized spacial score (nSPS) is 11.0. The SMILES string of the molecule is Cc1nc2c(cnn2C(C)C)cc1C(=O)NCCNc1ccccc1[N+](=O)[O-].